The Morgan fingerprint density at radius 1 is 1.26 bits per heavy atom. The van der Waals surface area contributed by atoms with Crippen LogP contribution in [0.2, 0.25) is 0 Å². The third-order valence-electron chi connectivity index (χ3n) is 4.60. The Balaban J connectivity index is 1.70. The van der Waals surface area contributed by atoms with Gasteiger partial charge in [0.05, 0.1) is 5.92 Å². The minimum absolute atomic E-state index is 0.226. The van der Waals surface area contributed by atoms with Crippen molar-refractivity contribution in [1.82, 2.24) is 9.88 Å². The van der Waals surface area contributed by atoms with Gasteiger partial charge in [-0.1, -0.05) is 6.07 Å². The number of likely N-dealkylation sites (tertiary alicyclic amines) is 1. The summed E-state index contributed by atoms with van der Waals surface area (Å²) in [6.45, 7) is 4.65. The molecule has 2 N–H and O–H groups in total. The molecule has 1 aromatic carbocycles. The first-order valence-corrected chi connectivity index (χ1v) is 8.92. The number of ether oxygens (including phenoxy) is 1. The molecule has 142 valence electrons. The molecule has 0 aliphatic carbocycles. The van der Waals surface area contributed by atoms with Gasteiger partial charge in [0.2, 0.25) is 5.88 Å². The first-order chi connectivity index (χ1) is 12.9. The molecule has 7 nitrogen and oxygen atoms in total. The number of aryl methyl sites for hydroxylation is 2. The first-order valence-electron chi connectivity index (χ1n) is 8.92. The number of urea groups is 1. The second kappa shape index (κ2) is 8.07. The van der Waals surface area contributed by atoms with Crippen molar-refractivity contribution in [2.75, 3.05) is 18.4 Å². The number of carbonyl (C=O) groups is 2. The second-order valence-electron chi connectivity index (χ2n) is 6.81. The van der Waals surface area contributed by atoms with E-state index in [0.29, 0.717) is 36.7 Å². The van der Waals surface area contributed by atoms with Crippen LogP contribution in [0.4, 0.5) is 10.5 Å². The SMILES string of the molecule is Cc1ccnc(Oc2cc(NC(=O)N3CCCC(C(=O)O)C3)ccc2C)c1. The number of pyridine rings is 1. The van der Waals surface area contributed by atoms with Crippen molar-refractivity contribution in [2.24, 2.45) is 5.92 Å². The van der Waals surface area contributed by atoms with E-state index in [-0.39, 0.29) is 12.6 Å². The molecule has 1 aliphatic rings. The van der Waals surface area contributed by atoms with Gasteiger partial charge in [-0.25, -0.2) is 9.78 Å². The van der Waals surface area contributed by atoms with E-state index in [0.717, 1.165) is 11.1 Å². The molecule has 1 aliphatic heterocycles. The maximum atomic E-state index is 12.5. The molecule has 1 unspecified atom stereocenters. The van der Waals surface area contributed by atoms with Crippen LogP contribution in [0.5, 0.6) is 11.6 Å². The average Bonchev–Trinajstić information content (AvgIpc) is 2.64. The van der Waals surface area contributed by atoms with Crippen molar-refractivity contribution in [2.45, 2.75) is 26.7 Å². The molecule has 1 aromatic heterocycles. The number of aromatic nitrogens is 1. The number of amides is 2. The molecular formula is C20H23N3O4. The number of carboxylic acids is 1. The minimum Gasteiger partial charge on any atom is -0.481 e. The smallest absolute Gasteiger partial charge is 0.321 e. The van der Waals surface area contributed by atoms with Gasteiger partial charge in [-0.15, -0.1) is 0 Å². The van der Waals surface area contributed by atoms with Crippen molar-refractivity contribution in [3.05, 3.63) is 47.7 Å². The number of carbonyl (C=O) groups excluding carboxylic acids is 1. The summed E-state index contributed by atoms with van der Waals surface area (Å²) >= 11 is 0. The monoisotopic (exact) mass is 369 g/mol. The summed E-state index contributed by atoms with van der Waals surface area (Å²) in [7, 11) is 0. The van der Waals surface area contributed by atoms with Crippen LogP contribution in [0, 0.1) is 19.8 Å². The second-order valence-corrected chi connectivity index (χ2v) is 6.81. The van der Waals surface area contributed by atoms with Gasteiger partial charge < -0.3 is 20.1 Å². The lowest BCUT2D eigenvalue weighted by Gasteiger charge is -2.30. The number of hydrogen-bond acceptors (Lipinski definition) is 4. The normalized spacial score (nSPS) is 16.7. The van der Waals surface area contributed by atoms with E-state index in [1.54, 1.807) is 23.2 Å². The Morgan fingerprint density at radius 3 is 2.81 bits per heavy atom. The lowest BCUT2D eigenvalue weighted by Crippen LogP contribution is -2.44. The van der Waals surface area contributed by atoms with Crippen LogP contribution < -0.4 is 10.1 Å². The van der Waals surface area contributed by atoms with E-state index in [9.17, 15) is 14.7 Å². The number of rotatable bonds is 4. The molecule has 2 aromatic rings. The molecule has 7 heteroatoms. The van der Waals surface area contributed by atoms with Crippen molar-refractivity contribution in [3.63, 3.8) is 0 Å². The van der Waals surface area contributed by atoms with Crippen molar-refractivity contribution >= 4 is 17.7 Å². The van der Waals surface area contributed by atoms with Crippen LogP contribution in [0.25, 0.3) is 0 Å². The zero-order valence-electron chi connectivity index (χ0n) is 15.4. The topological polar surface area (TPSA) is 91.8 Å². The van der Waals surface area contributed by atoms with Crippen molar-refractivity contribution in [1.29, 1.82) is 0 Å². The van der Waals surface area contributed by atoms with Crippen molar-refractivity contribution in [3.8, 4) is 11.6 Å². The molecule has 1 atom stereocenters. The van der Waals surface area contributed by atoms with E-state index in [1.807, 2.05) is 32.0 Å². The summed E-state index contributed by atoms with van der Waals surface area (Å²) in [5.41, 5.74) is 2.55. The number of aliphatic carboxylic acids is 1. The Kier molecular flexibility index (Phi) is 5.59. The Bertz CT molecular complexity index is 853. The summed E-state index contributed by atoms with van der Waals surface area (Å²) in [4.78, 5) is 29.4. The molecule has 0 spiro atoms. The molecule has 0 saturated carbocycles. The summed E-state index contributed by atoms with van der Waals surface area (Å²) < 4.78 is 5.85. The highest BCUT2D eigenvalue weighted by Gasteiger charge is 2.28. The van der Waals surface area contributed by atoms with Crippen LogP contribution in [0.3, 0.4) is 0 Å². The van der Waals surface area contributed by atoms with E-state index >= 15 is 0 Å². The Labute approximate surface area is 158 Å². The van der Waals surface area contributed by atoms with E-state index in [2.05, 4.69) is 10.3 Å². The summed E-state index contributed by atoms with van der Waals surface area (Å²) in [6, 6.07) is 8.82. The zero-order chi connectivity index (χ0) is 19.4. The fraction of sp³-hybridized carbons (Fsp3) is 0.350. The quantitative estimate of drug-likeness (QED) is 0.855. The molecule has 0 radical (unpaired) electrons. The molecule has 0 bridgehead atoms. The molecule has 1 saturated heterocycles. The molecule has 2 amide bonds. The molecular weight excluding hydrogens is 346 g/mol. The van der Waals surface area contributed by atoms with E-state index < -0.39 is 11.9 Å². The van der Waals surface area contributed by atoms with Crippen LogP contribution in [0.15, 0.2) is 36.5 Å². The minimum atomic E-state index is -0.857. The van der Waals surface area contributed by atoms with Gasteiger partial charge in [0.1, 0.15) is 5.75 Å². The highest BCUT2D eigenvalue weighted by molar-refractivity contribution is 5.90. The van der Waals surface area contributed by atoms with Gasteiger partial charge in [0, 0.05) is 37.1 Å². The zero-order valence-corrected chi connectivity index (χ0v) is 15.4. The fourth-order valence-electron chi connectivity index (χ4n) is 3.03. The number of nitrogens with one attached hydrogen (secondary N) is 1. The highest BCUT2D eigenvalue weighted by Crippen LogP contribution is 2.28. The van der Waals surface area contributed by atoms with Gasteiger partial charge in [0.25, 0.3) is 0 Å². The summed E-state index contributed by atoms with van der Waals surface area (Å²) in [5.74, 6) is -0.271. The van der Waals surface area contributed by atoms with Crippen molar-refractivity contribution < 1.29 is 19.4 Å². The van der Waals surface area contributed by atoms with Crippen LogP contribution in [-0.4, -0.2) is 40.1 Å². The third-order valence-corrected chi connectivity index (χ3v) is 4.60. The van der Waals surface area contributed by atoms with Gasteiger partial charge >= 0.3 is 12.0 Å². The molecule has 1 fully saturated rings. The summed E-state index contributed by atoms with van der Waals surface area (Å²) in [6.07, 6.45) is 2.97. The van der Waals surface area contributed by atoms with Gasteiger partial charge in [-0.2, -0.15) is 0 Å². The Morgan fingerprint density at radius 2 is 2.07 bits per heavy atom. The highest BCUT2D eigenvalue weighted by atomic mass is 16.5. The van der Waals surface area contributed by atoms with Gasteiger partial charge in [0.15, 0.2) is 0 Å². The maximum Gasteiger partial charge on any atom is 0.321 e. The fourth-order valence-corrected chi connectivity index (χ4v) is 3.03. The van der Waals surface area contributed by atoms with E-state index in [1.165, 1.54) is 0 Å². The van der Waals surface area contributed by atoms with Gasteiger partial charge in [-0.05, 0) is 49.9 Å². The standard InChI is InChI=1S/C20H23N3O4/c1-13-7-8-21-18(10-13)27-17-11-16(6-5-14(17)2)22-20(26)23-9-3-4-15(12-23)19(24)25/h5-8,10-11,15H,3-4,9,12H2,1-2H3,(H,22,26)(H,24,25). The summed E-state index contributed by atoms with van der Waals surface area (Å²) in [5, 5.41) is 12.0. The third kappa shape index (κ3) is 4.75. The van der Waals surface area contributed by atoms with Gasteiger partial charge in [-0.3, -0.25) is 4.79 Å². The predicted octanol–water partition coefficient (Wildman–Crippen LogP) is 3.82. The number of piperidine rings is 1. The number of anilines is 1. The number of carboxylic acid groups (broad SMARTS) is 1. The number of hydrogen-bond donors (Lipinski definition) is 2. The lowest BCUT2D eigenvalue weighted by atomic mass is 9.99. The number of nitrogens with zero attached hydrogens (tertiary/aromatic N) is 2. The molecule has 2 heterocycles. The van der Waals surface area contributed by atoms with Crippen LogP contribution in [-0.2, 0) is 4.79 Å². The maximum absolute atomic E-state index is 12.5. The molecule has 27 heavy (non-hydrogen) atoms. The lowest BCUT2D eigenvalue weighted by molar-refractivity contribution is -0.143. The predicted molar refractivity (Wildman–Crippen MR) is 101 cm³/mol. The van der Waals surface area contributed by atoms with E-state index in [4.69, 9.17) is 4.74 Å². The largest absolute Gasteiger partial charge is 0.481 e. The first kappa shape index (κ1) is 18.7. The molecule has 3 rings (SSSR count). The van der Waals surface area contributed by atoms with Crippen LogP contribution in [0.1, 0.15) is 24.0 Å². The van der Waals surface area contributed by atoms with Crippen LogP contribution >= 0.6 is 0 Å². The average molecular weight is 369 g/mol. The number of benzene rings is 1. The Hall–Kier alpha value is -3.09.